The molecule has 14 heavy (non-hydrogen) atoms. The first kappa shape index (κ1) is 10.0. The van der Waals surface area contributed by atoms with Gasteiger partial charge in [-0.1, -0.05) is 0 Å². The van der Waals surface area contributed by atoms with Crippen LogP contribution in [0.2, 0.25) is 0 Å². The van der Waals surface area contributed by atoms with Gasteiger partial charge in [0.2, 0.25) is 0 Å². The van der Waals surface area contributed by atoms with Crippen LogP contribution in [0.4, 0.5) is 10.5 Å². The van der Waals surface area contributed by atoms with E-state index in [9.17, 15) is 9.59 Å². The lowest BCUT2D eigenvalue weighted by Crippen LogP contribution is -2.29. The summed E-state index contributed by atoms with van der Waals surface area (Å²) in [5, 5.41) is 13.8. The van der Waals surface area contributed by atoms with Crippen molar-refractivity contribution >= 4 is 18.0 Å². The molecule has 0 spiro atoms. The maximum atomic E-state index is 11.0. The molecule has 0 saturated heterocycles. The van der Waals surface area contributed by atoms with Crippen molar-refractivity contribution in [3.8, 4) is 5.75 Å². The summed E-state index contributed by atoms with van der Waals surface area (Å²) in [4.78, 5) is 20.9. The Kier molecular flexibility index (Phi) is 3.49. The van der Waals surface area contributed by atoms with Gasteiger partial charge in [0, 0.05) is 5.69 Å². The number of anilines is 1. The molecule has 2 amide bonds. The number of urea groups is 1. The number of aromatic hydroxyl groups is 1. The second kappa shape index (κ2) is 4.86. The van der Waals surface area contributed by atoms with Crippen molar-refractivity contribution in [2.45, 2.75) is 0 Å². The predicted octanol–water partition coefficient (Wildman–Crippen LogP) is 0.713. The Labute approximate surface area is 80.7 Å². The molecule has 0 saturated carbocycles. The van der Waals surface area contributed by atoms with E-state index in [1.54, 1.807) is 12.1 Å². The van der Waals surface area contributed by atoms with Crippen LogP contribution in [0.5, 0.6) is 5.75 Å². The zero-order valence-corrected chi connectivity index (χ0v) is 7.36. The third kappa shape index (κ3) is 3.14. The summed E-state index contributed by atoms with van der Waals surface area (Å²) in [6, 6.07) is 5.55. The van der Waals surface area contributed by atoms with Crippen molar-refractivity contribution in [3.05, 3.63) is 24.3 Å². The number of phenolic OH excluding ortho intramolecular Hbond substituents is 1. The Balaban J connectivity index is 2.47. The van der Waals surface area contributed by atoms with Gasteiger partial charge < -0.3 is 20.5 Å². The first-order valence-electron chi connectivity index (χ1n) is 4.00. The number of rotatable bonds is 3. The summed E-state index contributed by atoms with van der Waals surface area (Å²) in [7, 11) is 0. The summed E-state index contributed by atoms with van der Waals surface area (Å²) >= 11 is 0. The van der Waals surface area contributed by atoms with Crippen molar-refractivity contribution < 1.29 is 14.7 Å². The Morgan fingerprint density at radius 3 is 2.57 bits per heavy atom. The lowest BCUT2D eigenvalue weighted by molar-refractivity contribution is -0.107. The van der Waals surface area contributed by atoms with Crippen LogP contribution in [0, 0.1) is 0 Å². The number of carbonyl (C=O) groups is 2. The molecule has 0 atom stereocenters. The monoisotopic (exact) mass is 194 g/mol. The number of nitrogens with one attached hydrogen (secondary N) is 2. The van der Waals surface area contributed by atoms with Crippen LogP contribution in [0.3, 0.4) is 0 Å². The SMILES string of the molecule is O=CCNC(=O)Nc1ccc(O)cc1. The lowest BCUT2D eigenvalue weighted by atomic mass is 10.3. The predicted molar refractivity (Wildman–Crippen MR) is 51.2 cm³/mol. The lowest BCUT2D eigenvalue weighted by Gasteiger charge is -2.04. The highest BCUT2D eigenvalue weighted by atomic mass is 16.3. The third-order valence-electron chi connectivity index (χ3n) is 1.47. The molecule has 5 nitrogen and oxygen atoms in total. The molecule has 0 fully saturated rings. The van der Waals surface area contributed by atoms with Gasteiger partial charge in [0.05, 0.1) is 6.54 Å². The first-order chi connectivity index (χ1) is 6.72. The summed E-state index contributed by atoms with van der Waals surface area (Å²) < 4.78 is 0. The molecule has 1 aromatic rings. The molecule has 0 bridgehead atoms. The van der Waals surface area contributed by atoms with E-state index in [0.29, 0.717) is 12.0 Å². The number of amides is 2. The average Bonchev–Trinajstić information content (AvgIpc) is 2.18. The number of hydrogen-bond donors (Lipinski definition) is 3. The normalized spacial score (nSPS) is 9.14. The van der Waals surface area contributed by atoms with Gasteiger partial charge in [-0.15, -0.1) is 0 Å². The van der Waals surface area contributed by atoms with Gasteiger partial charge in [-0.05, 0) is 24.3 Å². The number of aldehydes is 1. The Morgan fingerprint density at radius 2 is 2.00 bits per heavy atom. The van der Waals surface area contributed by atoms with Crippen LogP contribution in [-0.2, 0) is 4.79 Å². The van der Waals surface area contributed by atoms with Crippen LogP contribution in [0.1, 0.15) is 0 Å². The zero-order valence-electron chi connectivity index (χ0n) is 7.36. The molecule has 1 rings (SSSR count). The minimum Gasteiger partial charge on any atom is -0.508 e. The smallest absolute Gasteiger partial charge is 0.319 e. The molecule has 0 aliphatic rings. The van der Waals surface area contributed by atoms with E-state index >= 15 is 0 Å². The Hall–Kier alpha value is -2.04. The van der Waals surface area contributed by atoms with Gasteiger partial charge in [0.15, 0.2) is 0 Å². The molecule has 0 aliphatic carbocycles. The van der Waals surface area contributed by atoms with Crippen molar-refractivity contribution in [3.63, 3.8) is 0 Å². The van der Waals surface area contributed by atoms with Crippen molar-refractivity contribution in [1.82, 2.24) is 5.32 Å². The summed E-state index contributed by atoms with van der Waals surface area (Å²) in [5.74, 6) is 0.129. The first-order valence-corrected chi connectivity index (χ1v) is 4.00. The highest BCUT2D eigenvalue weighted by Gasteiger charge is 1.99. The second-order valence-corrected chi connectivity index (χ2v) is 2.55. The van der Waals surface area contributed by atoms with Crippen molar-refractivity contribution in [2.75, 3.05) is 11.9 Å². The van der Waals surface area contributed by atoms with Crippen LogP contribution < -0.4 is 10.6 Å². The molecule has 3 N–H and O–H groups in total. The molecule has 0 aliphatic heterocycles. The van der Waals surface area contributed by atoms with E-state index in [2.05, 4.69) is 10.6 Å². The third-order valence-corrected chi connectivity index (χ3v) is 1.47. The fourth-order valence-corrected chi connectivity index (χ4v) is 0.854. The molecule has 0 radical (unpaired) electrons. The van der Waals surface area contributed by atoms with E-state index in [4.69, 9.17) is 5.11 Å². The van der Waals surface area contributed by atoms with Crippen LogP contribution in [0.15, 0.2) is 24.3 Å². The minimum atomic E-state index is -0.456. The number of hydrogen-bond acceptors (Lipinski definition) is 3. The van der Waals surface area contributed by atoms with Gasteiger partial charge in [0.1, 0.15) is 12.0 Å². The maximum absolute atomic E-state index is 11.0. The fraction of sp³-hybridized carbons (Fsp3) is 0.111. The molecule has 5 heteroatoms. The molecule has 74 valence electrons. The van der Waals surface area contributed by atoms with Crippen LogP contribution in [-0.4, -0.2) is 24.0 Å². The van der Waals surface area contributed by atoms with Gasteiger partial charge in [-0.2, -0.15) is 0 Å². The Bertz CT molecular complexity index is 321. The number of phenols is 1. The standard InChI is InChI=1S/C9H10N2O3/c12-6-5-10-9(14)11-7-1-3-8(13)4-2-7/h1-4,6,13H,5H2,(H2,10,11,14). The largest absolute Gasteiger partial charge is 0.508 e. The maximum Gasteiger partial charge on any atom is 0.319 e. The molecular weight excluding hydrogens is 184 g/mol. The van der Waals surface area contributed by atoms with Crippen LogP contribution in [0.25, 0.3) is 0 Å². The minimum absolute atomic E-state index is 0.0239. The fourth-order valence-electron chi connectivity index (χ4n) is 0.854. The van der Waals surface area contributed by atoms with E-state index < -0.39 is 6.03 Å². The van der Waals surface area contributed by atoms with E-state index in [0.717, 1.165) is 0 Å². The summed E-state index contributed by atoms with van der Waals surface area (Å²) in [6.07, 6.45) is 0.594. The molecule has 0 heterocycles. The number of carbonyl (C=O) groups excluding carboxylic acids is 2. The highest BCUT2D eigenvalue weighted by Crippen LogP contribution is 2.13. The van der Waals surface area contributed by atoms with E-state index in [1.807, 2.05) is 0 Å². The zero-order chi connectivity index (χ0) is 10.4. The van der Waals surface area contributed by atoms with Gasteiger partial charge in [-0.3, -0.25) is 0 Å². The number of benzene rings is 1. The van der Waals surface area contributed by atoms with E-state index in [-0.39, 0.29) is 12.3 Å². The van der Waals surface area contributed by atoms with Crippen molar-refractivity contribution in [1.29, 1.82) is 0 Å². The second-order valence-electron chi connectivity index (χ2n) is 2.55. The quantitative estimate of drug-likeness (QED) is 0.490. The van der Waals surface area contributed by atoms with Gasteiger partial charge in [-0.25, -0.2) is 4.79 Å². The topological polar surface area (TPSA) is 78.4 Å². The summed E-state index contributed by atoms with van der Waals surface area (Å²) in [5.41, 5.74) is 0.547. The molecule has 0 aromatic heterocycles. The summed E-state index contributed by atoms with van der Waals surface area (Å²) in [6.45, 7) is -0.0239. The Morgan fingerprint density at radius 1 is 1.36 bits per heavy atom. The molecule has 0 unspecified atom stereocenters. The van der Waals surface area contributed by atoms with E-state index in [1.165, 1.54) is 12.1 Å². The van der Waals surface area contributed by atoms with Gasteiger partial charge >= 0.3 is 6.03 Å². The van der Waals surface area contributed by atoms with Crippen molar-refractivity contribution in [2.24, 2.45) is 0 Å². The van der Waals surface area contributed by atoms with Crippen LogP contribution >= 0.6 is 0 Å². The highest BCUT2D eigenvalue weighted by molar-refractivity contribution is 5.90. The molecule has 1 aromatic carbocycles. The average molecular weight is 194 g/mol. The molecular formula is C9H10N2O3. The van der Waals surface area contributed by atoms with Gasteiger partial charge in [0.25, 0.3) is 0 Å².